The minimum absolute atomic E-state index is 0.325. The predicted octanol–water partition coefficient (Wildman–Crippen LogP) is 4.63. The molecule has 0 fully saturated rings. The topological polar surface area (TPSA) is 59.7 Å². The number of carbonyl (C=O) groups excluding carboxylic acids is 1. The first kappa shape index (κ1) is 18.2. The zero-order chi connectivity index (χ0) is 18.9. The highest BCUT2D eigenvalue weighted by Gasteiger charge is 2.28. The number of halogens is 1. The van der Waals surface area contributed by atoms with Gasteiger partial charge >= 0.3 is 6.09 Å². The second-order valence-electron chi connectivity index (χ2n) is 7.00. The summed E-state index contributed by atoms with van der Waals surface area (Å²) in [4.78, 5) is 18.8. The van der Waals surface area contributed by atoms with Gasteiger partial charge in [-0.2, -0.15) is 9.61 Å². The molecular weight excluding hydrogens is 352 g/mol. The molecule has 0 saturated heterocycles. The van der Waals surface area contributed by atoms with Crippen LogP contribution in [0, 0.1) is 6.92 Å². The van der Waals surface area contributed by atoms with Crippen molar-refractivity contribution in [3.8, 4) is 0 Å². The maximum atomic E-state index is 13.0. The summed E-state index contributed by atoms with van der Waals surface area (Å²) in [6.45, 7) is 7.64. The molecule has 0 N–H and O–H groups in total. The lowest BCUT2D eigenvalue weighted by atomic mass is 10.2. The SMILES string of the molecule is Cc1c(Cl)nc2ccnn2c1N(Cc1ccccc1)C(=O)OC(C)(C)C. The van der Waals surface area contributed by atoms with Crippen molar-refractivity contribution < 1.29 is 9.53 Å². The summed E-state index contributed by atoms with van der Waals surface area (Å²) in [6.07, 6.45) is 1.15. The highest BCUT2D eigenvalue weighted by Crippen LogP contribution is 2.29. The van der Waals surface area contributed by atoms with Crippen molar-refractivity contribution in [3.05, 3.63) is 58.9 Å². The first-order valence-corrected chi connectivity index (χ1v) is 8.68. The van der Waals surface area contributed by atoms with Crippen molar-refractivity contribution in [3.63, 3.8) is 0 Å². The number of fused-ring (bicyclic) bond motifs is 1. The van der Waals surface area contributed by atoms with Crippen LogP contribution in [0.15, 0.2) is 42.6 Å². The van der Waals surface area contributed by atoms with E-state index in [1.807, 2.05) is 58.0 Å². The molecule has 2 heterocycles. The Kier molecular flexibility index (Phi) is 4.87. The number of benzene rings is 1. The van der Waals surface area contributed by atoms with Crippen LogP contribution in [0.25, 0.3) is 5.65 Å². The highest BCUT2D eigenvalue weighted by atomic mass is 35.5. The Bertz CT molecular complexity index is 932. The average molecular weight is 373 g/mol. The number of rotatable bonds is 3. The number of anilines is 1. The number of nitrogens with zero attached hydrogens (tertiary/aromatic N) is 4. The zero-order valence-corrected chi connectivity index (χ0v) is 16.0. The van der Waals surface area contributed by atoms with Crippen molar-refractivity contribution >= 4 is 29.2 Å². The van der Waals surface area contributed by atoms with Crippen molar-refractivity contribution in [1.82, 2.24) is 14.6 Å². The summed E-state index contributed by atoms with van der Waals surface area (Å²) in [6, 6.07) is 11.4. The number of carbonyl (C=O) groups is 1. The Labute approximate surface area is 157 Å². The van der Waals surface area contributed by atoms with E-state index in [0.29, 0.717) is 28.7 Å². The molecule has 0 atom stereocenters. The van der Waals surface area contributed by atoms with Crippen molar-refractivity contribution in [2.75, 3.05) is 4.90 Å². The van der Waals surface area contributed by atoms with Crippen molar-refractivity contribution in [2.45, 2.75) is 39.8 Å². The highest BCUT2D eigenvalue weighted by molar-refractivity contribution is 6.30. The van der Waals surface area contributed by atoms with Gasteiger partial charge in [-0.3, -0.25) is 4.90 Å². The third kappa shape index (κ3) is 3.80. The second-order valence-corrected chi connectivity index (χ2v) is 7.36. The fraction of sp³-hybridized carbons (Fsp3) is 0.316. The summed E-state index contributed by atoms with van der Waals surface area (Å²) >= 11 is 6.30. The van der Waals surface area contributed by atoms with Crippen LogP contribution in [-0.4, -0.2) is 26.3 Å². The number of aromatic nitrogens is 3. The molecule has 136 valence electrons. The zero-order valence-electron chi connectivity index (χ0n) is 15.2. The molecule has 3 aromatic rings. The lowest BCUT2D eigenvalue weighted by Gasteiger charge is -2.28. The first-order chi connectivity index (χ1) is 12.3. The van der Waals surface area contributed by atoms with Crippen LogP contribution < -0.4 is 4.90 Å². The number of hydrogen-bond acceptors (Lipinski definition) is 4. The van der Waals surface area contributed by atoms with Gasteiger partial charge < -0.3 is 4.74 Å². The van der Waals surface area contributed by atoms with Gasteiger partial charge in [-0.15, -0.1) is 0 Å². The smallest absolute Gasteiger partial charge is 0.416 e. The summed E-state index contributed by atoms with van der Waals surface area (Å²) in [5, 5.41) is 4.64. The molecule has 0 aliphatic rings. The summed E-state index contributed by atoms with van der Waals surface area (Å²) < 4.78 is 7.23. The molecule has 6 nitrogen and oxygen atoms in total. The van der Waals surface area contributed by atoms with Gasteiger partial charge in [-0.25, -0.2) is 9.78 Å². The standard InChI is InChI=1S/C19H21ClN4O2/c1-13-16(20)22-15-10-11-21-24(15)17(13)23(18(25)26-19(2,3)4)12-14-8-6-5-7-9-14/h5-11H,12H2,1-4H3. The fourth-order valence-corrected chi connectivity index (χ4v) is 2.78. The lowest BCUT2D eigenvalue weighted by molar-refractivity contribution is 0.0575. The van der Waals surface area contributed by atoms with Gasteiger partial charge in [0, 0.05) is 11.6 Å². The predicted molar refractivity (Wildman–Crippen MR) is 102 cm³/mol. The minimum Gasteiger partial charge on any atom is -0.443 e. The fourth-order valence-electron chi connectivity index (χ4n) is 2.61. The van der Waals surface area contributed by atoms with E-state index >= 15 is 0 Å². The molecule has 0 saturated carbocycles. The van der Waals surface area contributed by atoms with Crippen LogP contribution in [0.1, 0.15) is 31.9 Å². The number of amides is 1. The van der Waals surface area contributed by atoms with Gasteiger partial charge in [0.1, 0.15) is 16.6 Å². The van der Waals surface area contributed by atoms with E-state index in [2.05, 4.69) is 10.1 Å². The van der Waals surface area contributed by atoms with Crippen LogP contribution in [0.5, 0.6) is 0 Å². The summed E-state index contributed by atoms with van der Waals surface area (Å²) in [5.41, 5.74) is 1.56. The van der Waals surface area contributed by atoms with E-state index in [-0.39, 0.29) is 0 Å². The molecule has 3 rings (SSSR count). The van der Waals surface area contributed by atoms with E-state index in [1.54, 1.807) is 21.7 Å². The molecule has 26 heavy (non-hydrogen) atoms. The molecule has 0 aliphatic heterocycles. The normalized spacial score (nSPS) is 11.6. The van der Waals surface area contributed by atoms with Crippen LogP contribution in [0.4, 0.5) is 10.6 Å². The Morgan fingerprint density at radius 2 is 1.92 bits per heavy atom. The van der Waals surface area contributed by atoms with Crippen LogP contribution in [0.2, 0.25) is 5.15 Å². The molecule has 0 aliphatic carbocycles. The van der Waals surface area contributed by atoms with Gasteiger partial charge in [0.05, 0.1) is 12.7 Å². The maximum Gasteiger partial charge on any atom is 0.416 e. The molecule has 7 heteroatoms. The molecule has 0 radical (unpaired) electrons. The third-order valence-corrected chi connectivity index (χ3v) is 4.10. The molecular formula is C19H21ClN4O2. The number of ether oxygens (including phenoxy) is 1. The van der Waals surface area contributed by atoms with Gasteiger partial charge in [0.2, 0.25) is 0 Å². The van der Waals surface area contributed by atoms with E-state index in [1.165, 1.54) is 0 Å². The van der Waals surface area contributed by atoms with Gasteiger partial charge in [-0.1, -0.05) is 41.9 Å². The average Bonchev–Trinajstić information content (AvgIpc) is 3.01. The largest absolute Gasteiger partial charge is 0.443 e. The molecule has 0 bridgehead atoms. The van der Waals surface area contributed by atoms with Crippen molar-refractivity contribution in [1.29, 1.82) is 0 Å². The van der Waals surface area contributed by atoms with E-state index in [9.17, 15) is 4.79 Å². The van der Waals surface area contributed by atoms with Gasteiger partial charge in [-0.05, 0) is 33.3 Å². The summed E-state index contributed by atoms with van der Waals surface area (Å²) in [5.74, 6) is 0.545. The lowest BCUT2D eigenvalue weighted by Crippen LogP contribution is -2.38. The monoisotopic (exact) mass is 372 g/mol. The molecule has 0 unspecified atom stereocenters. The first-order valence-electron chi connectivity index (χ1n) is 8.30. The Hall–Kier alpha value is -2.60. The van der Waals surface area contributed by atoms with Crippen LogP contribution >= 0.6 is 11.6 Å². The summed E-state index contributed by atoms with van der Waals surface area (Å²) in [7, 11) is 0. The van der Waals surface area contributed by atoms with Crippen molar-refractivity contribution in [2.24, 2.45) is 0 Å². The maximum absolute atomic E-state index is 13.0. The van der Waals surface area contributed by atoms with Crippen LogP contribution in [-0.2, 0) is 11.3 Å². The molecule has 2 aromatic heterocycles. The van der Waals surface area contributed by atoms with Gasteiger partial charge in [0.25, 0.3) is 0 Å². The minimum atomic E-state index is -0.625. The Morgan fingerprint density at radius 3 is 2.58 bits per heavy atom. The Morgan fingerprint density at radius 1 is 1.23 bits per heavy atom. The third-order valence-electron chi connectivity index (χ3n) is 3.73. The quantitative estimate of drug-likeness (QED) is 0.629. The second kappa shape index (κ2) is 6.96. The van der Waals surface area contributed by atoms with E-state index in [0.717, 1.165) is 5.56 Å². The molecule has 1 amide bonds. The number of hydrogen-bond donors (Lipinski definition) is 0. The molecule has 0 spiro atoms. The Balaban J connectivity index is 2.13. The van der Waals surface area contributed by atoms with Gasteiger partial charge in [0.15, 0.2) is 5.65 Å². The van der Waals surface area contributed by atoms with E-state index < -0.39 is 11.7 Å². The van der Waals surface area contributed by atoms with Crippen LogP contribution in [0.3, 0.4) is 0 Å². The van der Waals surface area contributed by atoms with E-state index in [4.69, 9.17) is 16.3 Å². The molecule has 1 aromatic carbocycles.